The van der Waals surface area contributed by atoms with Gasteiger partial charge in [-0.2, -0.15) is 5.10 Å². The van der Waals surface area contributed by atoms with Crippen LogP contribution in [0.3, 0.4) is 0 Å². The number of benzene rings is 1. The molecule has 3 rings (SSSR count). The van der Waals surface area contributed by atoms with Gasteiger partial charge in [-0.3, -0.25) is 4.79 Å². The van der Waals surface area contributed by atoms with Crippen LogP contribution in [0.5, 0.6) is 0 Å². The predicted molar refractivity (Wildman–Crippen MR) is 82.5 cm³/mol. The Labute approximate surface area is 125 Å². The number of carbonyl (C=O) groups excluding carboxylic acids is 1. The van der Waals surface area contributed by atoms with E-state index in [1.807, 2.05) is 36.5 Å². The Hall–Kier alpha value is -2.10. The van der Waals surface area contributed by atoms with Crippen molar-refractivity contribution in [2.75, 3.05) is 0 Å². The van der Waals surface area contributed by atoms with Crippen LogP contribution in [0.2, 0.25) is 0 Å². The number of aromatic nitrogens is 2. The summed E-state index contributed by atoms with van der Waals surface area (Å²) in [6.45, 7) is 2.26. The van der Waals surface area contributed by atoms with Gasteiger partial charge in [-0.15, -0.1) is 0 Å². The molecule has 1 aliphatic rings. The molecule has 1 aliphatic carbocycles. The Kier molecular flexibility index (Phi) is 4.04. The molecule has 21 heavy (non-hydrogen) atoms. The van der Waals surface area contributed by atoms with Crippen molar-refractivity contribution in [2.24, 2.45) is 5.92 Å². The van der Waals surface area contributed by atoms with E-state index in [0.29, 0.717) is 17.5 Å². The molecule has 1 aromatic carbocycles. The van der Waals surface area contributed by atoms with Crippen LogP contribution in [0.25, 0.3) is 5.69 Å². The van der Waals surface area contributed by atoms with Crippen LogP contribution in [0, 0.1) is 5.92 Å². The van der Waals surface area contributed by atoms with E-state index in [4.69, 9.17) is 0 Å². The summed E-state index contributed by atoms with van der Waals surface area (Å²) in [6, 6.07) is 9.77. The SMILES string of the molecule is CC1CCCC(NC(=O)c2ccc(-n3cccn3)cc2)C1. The van der Waals surface area contributed by atoms with Crippen molar-refractivity contribution in [3.8, 4) is 5.69 Å². The van der Waals surface area contributed by atoms with Gasteiger partial charge in [-0.25, -0.2) is 4.68 Å². The van der Waals surface area contributed by atoms with Crippen molar-refractivity contribution in [2.45, 2.75) is 38.6 Å². The summed E-state index contributed by atoms with van der Waals surface area (Å²) in [5.41, 5.74) is 1.67. The lowest BCUT2D eigenvalue weighted by Crippen LogP contribution is -2.37. The molecule has 0 radical (unpaired) electrons. The lowest BCUT2D eigenvalue weighted by atomic mass is 9.87. The molecule has 2 unspecified atom stereocenters. The van der Waals surface area contributed by atoms with Crippen LogP contribution < -0.4 is 5.32 Å². The fraction of sp³-hybridized carbons (Fsp3) is 0.412. The van der Waals surface area contributed by atoms with Gasteiger partial charge in [0.2, 0.25) is 0 Å². The molecule has 110 valence electrons. The van der Waals surface area contributed by atoms with Crippen LogP contribution in [-0.4, -0.2) is 21.7 Å². The Morgan fingerprint density at radius 1 is 1.29 bits per heavy atom. The molecule has 0 spiro atoms. The first-order chi connectivity index (χ1) is 10.2. The quantitative estimate of drug-likeness (QED) is 0.940. The number of nitrogens with zero attached hydrogens (tertiary/aromatic N) is 2. The van der Waals surface area contributed by atoms with E-state index in [0.717, 1.165) is 18.5 Å². The summed E-state index contributed by atoms with van der Waals surface area (Å²) < 4.78 is 1.78. The molecular formula is C17H21N3O. The fourth-order valence-corrected chi connectivity index (χ4v) is 3.02. The molecule has 0 bridgehead atoms. The summed E-state index contributed by atoms with van der Waals surface area (Å²) in [6.07, 6.45) is 8.32. The second kappa shape index (κ2) is 6.12. The Bertz CT molecular complexity index is 589. The van der Waals surface area contributed by atoms with Crippen LogP contribution in [0.4, 0.5) is 0 Å². The molecule has 1 amide bonds. The maximum Gasteiger partial charge on any atom is 0.251 e. The number of rotatable bonds is 3. The van der Waals surface area contributed by atoms with Crippen LogP contribution in [0.1, 0.15) is 43.0 Å². The molecule has 1 aromatic heterocycles. The zero-order chi connectivity index (χ0) is 14.7. The zero-order valence-corrected chi connectivity index (χ0v) is 12.3. The molecule has 1 N–H and O–H groups in total. The molecule has 0 aliphatic heterocycles. The average Bonchev–Trinajstić information content (AvgIpc) is 3.01. The van der Waals surface area contributed by atoms with E-state index >= 15 is 0 Å². The van der Waals surface area contributed by atoms with Crippen molar-refractivity contribution in [3.63, 3.8) is 0 Å². The van der Waals surface area contributed by atoms with E-state index in [1.54, 1.807) is 10.9 Å². The van der Waals surface area contributed by atoms with Crippen molar-refractivity contribution in [1.29, 1.82) is 0 Å². The van der Waals surface area contributed by atoms with Crippen molar-refractivity contribution in [1.82, 2.24) is 15.1 Å². The molecule has 1 heterocycles. The van der Waals surface area contributed by atoms with Crippen molar-refractivity contribution >= 4 is 5.91 Å². The minimum atomic E-state index is 0.0288. The monoisotopic (exact) mass is 283 g/mol. The molecular weight excluding hydrogens is 262 g/mol. The van der Waals surface area contributed by atoms with Gasteiger partial charge in [0.1, 0.15) is 0 Å². The van der Waals surface area contributed by atoms with Gasteiger partial charge in [0.05, 0.1) is 5.69 Å². The first kappa shape index (κ1) is 13.9. The first-order valence-electron chi connectivity index (χ1n) is 7.63. The minimum Gasteiger partial charge on any atom is -0.349 e. The standard InChI is InChI=1S/C17H21N3O/c1-13-4-2-5-15(12-13)19-17(21)14-6-8-16(9-7-14)20-11-3-10-18-20/h3,6-11,13,15H,2,4-5,12H2,1H3,(H,19,21). The largest absolute Gasteiger partial charge is 0.349 e. The predicted octanol–water partition coefficient (Wildman–Crippen LogP) is 3.18. The molecule has 2 atom stereocenters. The number of hydrogen-bond acceptors (Lipinski definition) is 2. The summed E-state index contributed by atoms with van der Waals surface area (Å²) in [5.74, 6) is 0.743. The summed E-state index contributed by atoms with van der Waals surface area (Å²) >= 11 is 0. The highest BCUT2D eigenvalue weighted by molar-refractivity contribution is 5.94. The van der Waals surface area contributed by atoms with Gasteiger partial charge in [0.15, 0.2) is 0 Å². The Morgan fingerprint density at radius 2 is 2.10 bits per heavy atom. The van der Waals surface area contributed by atoms with Gasteiger partial charge >= 0.3 is 0 Å². The summed E-state index contributed by atoms with van der Waals surface area (Å²) in [5, 5.41) is 7.34. The van der Waals surface area contributed by atoms with Gasteiger partial charge in [0, 0.05) is 24.0 Å². The summed E-state index contributed by atoms with van der Waals surface area (Å²) in [4.78, 5) is 12.3. The van der Waals surface area contributed by atoms with Crippen LogP contribution in [0.15, 0.2) is 42.7 Å². The van der Waals surface area contributed by atoms with Crippen LogP contribution >= 0.6 is 0 Å². The molecule has 4 heteroatoms. The van der Waals surface area contributed by atoms with Crippen LogP contribution in [-0.2, 0) is 0 Å². The fourth-order valence-electron chi connectivity index (χ4n) is 3.02. The normalized spacial score (nSPS) is 22.0. The molecule has 1 saturated carbocycles. The Balaban J connectivity index is 1.65. The van der Waals surface area contributed by atoms with E-state index in [1.165, 1.54) is 12.8 Å². The smallest absolute Gasteiger partial charge is 0.251 e. The zero-order valence-electron chi connectivity index (χ0n) is 12.3. The highest BCUT2D eigenvalue weighted by atomic mass is 16.1. The van der Waals surface area contributed by atoms with E-state index in [2.05, 4.69) is 17.3 Å². The maximum absolute atomic E-state index is 12.3. The maximum atomic E-state index is 12.3. The highest BCUT2D eigenvalue weighted by Crippen LogP contribution is 2.23. The first-order valence-corrected chi connectivity index (χ1v) is 7.63. The molecule has 1 fully saturated rings. The second-order valence-electron chi connectivity index (χ2n) is 5.94. The highest BCUT2D eigenvalue weighted by Gasteiger charge is 2.20. The third kappa shape index (κ3) is 3.32. The summed E-state index contributed by atoms with van der Waals surface area (Å²) in [7, 11) is 0. The lowest BCUT2D eigenvalue weighted by Gasteiger charge is -2.27. The number of carbonyl (C=O) groups is 1. The van der Waals surface area contributed by atoms with E-state index in [-0.39, 0.29) is 5.91 Å². The van der Waals surface area contributed by atoms with Gasteiger partial charge in [-0.1, -0.05) is 19.8 Å². The van der Waals surface area contributed by atoms with Gasteiger partial charge < -0.3 is 5.32 Å². The molecule has 0 saturated heterocycles. The lowest BCUT2D eigenvalue weighted by molar-refractivity contribution is 0.0921. The molecule has 2 aromatic rings. The van der Waals surface area contributed by atoms with Gasteiger partial charge in [0.25, 0.3) is 5.91 Å². The third-order valence-corrected chi connectivity index (χ3v) is 4.17. The van der Waals surface area contributed by atoms with Crippen molar-refractivity contribution < 1.29 is 4.79 Å². The van der Waals surface area contributed by atoms with Crippen molar-refractivity contribution in [3.05, 3.63) is 48.3 Å². The van der Waals surface area contributed by atoms with Gasteiger partial charge in [-0.05, 0) is 49.1 Å². The second-order valence-corrected chi connectivity index (χ2v) is 5.94. The number of nitrogens with one attached hydrogen (secondary N) is 1. The topological polar surface area (TPSA) is 46.9 Å². The Morgan fingerprint density at radius 3 is 2.76 bits per heavy atom. The van der Waals surface area contributed by atoms with E-state index in [9.17, 15) is 4.79 Å². The third-order valence-electron chi connectivity index (χ3n) is 4.17. The molecule has 4 nitrogen and oxygen atoms in total. The number of hydrogen-bond donors (Lipinski definition) is 1. The average molecular weight is 283 g/mol. The van der Waals surface area contributed by atoms with E-state index < -0.39 is 0 Å². The minimum absolute atomic E-state index is 0.0288. The number of amides is 1.